The normalized spacial score (nSPS) is 11.7. The van der Waals surface area contributed by atoms with E-state index in [1.165, 1.54) is 19.2 Å². The number of hydrogen-bond donors (Lipinski definition) is 0. The maximum Gasteiger partial charge on any atom is 0.420 e. The number of methoxy groups -OCH3 is 1. The fourth-order valence-corrected chi connectivity index (χ4v) is 1.84. The van der Waals surface area contributed by atoms with Crippen LogP contribution in [0.3, 0.4) is 0 Å². The Morgan fingerprint density at radius 1 is 1.35 bits per heavy atom. The highest BCUT2D eigenvalue weighted by Crippen LogP contribution is 2.39. The average molecular weight is 288 g/mol. The van der Waals surface area contributed by atoms with Gasteiger partial charge in [0.2, 0.25) is 0 Å². The van der Waals surface area contributed by atoms with E-state index in [2.05, 4.69) is 0 Å². The van der Waals surface area contributed by atoms with E-state index in [0.29, 0.717) is 6.26 Å². The zero-order valence-corrected chi connectivity index (χ0v) is 10.7. The zero-order valence-electron chi connectivity index (χ0n) is 10.7. The molecule has 0 atom stereocenters. The van der Waals surface area contributed by atoms with Crippen LogP contribution < -0.4 is 4.74 Å². The highest BCUT2D eigenvalue weighted by Gasteiger charge is 2.37. The molecule has 4 nitrogen and oxygen atoms in total. The second kappa shape index (κ2) is 5.07. The number of benzene rings is 1. The lowest BCUT2D eigenvalue weighted by Crippen LogP contribution is -2.09. The highest BCUT2D eigenvalue weighted by molar-refractivity contribution is 6.05. The molecule has 1 aromatic carbocycles. The van der Waals surface area contributed by atoms with Gasteiger partial charge in [0.25, 0.3) is 0 Å². The Morgan fingerprint density at radius 3 is 2.60 bits per heavy atom. The van der Waals surface area contributed by atoms with Gasteiger partial charge in [-0.15, -0.1) is 0 Å². The van der Waals surface area contributed by atoms with Crippen molar-refractivity contribution in [1.82, 2.24) is 0 Å². The standard InChI is InChI=1S/C13H11F3O4/c1-3-19-12(17)8-4-7(18-2)5-10-11(8)9(6-20-10)13(14,15)16/h4-6H,3H2,1-2H3. The predicted octanol–water partition coefficient (Wildman–Crippen LogP) is 3.64. The Morgan fingerprint density at radius 2 is 2.05 bits per heavy atom. The summed E-state index contributed by atoms with van der Waals surface area (Å²) in [6.07, 6.45) is -4.05. The lowest BCUT2D eigenvalue weighted by atomic mass is 10.1. The lowest BCUT2D eigenvalue weighted by Gasteiger charge is -2.09. The molecule has 1 heterocycles. The number of fused-ring (bicyclic) bond motifs is 1. The smallest absolute Gasteiger partial charge is 0.420 e. The number of carbonyl (C=O) groups excluding carboxylic acids is 1. The van der Waals surface area contributed by atoms with Crippen molar-refractivity contribution >= 4 is 16.9 Å². The van der Waals surface area contributed by atoms with E-state index in [4.69, 9.17) is 13.9 Å². The third-order valence-electron chi connectivity index (χ3n) is 2.69. The fraction of sp³-hybridized carbons (Fsp3) is 0.308. The second-order valence-electron chi connectivity index (χ2n) is 3.92. The Balaban J connectivity index is 2.73. The van der Waals surface area contributed by atoms with Gasteiger partial charge in [-0.05, 0) is 13.0 Å². The summed E-state index contributed by atoms with van der Waals surface area (Å²) >= 11 is 0. The Bertz CT molecular complexity index is 643. The number of furan rings is 1. The number of ether oxygens (including phenoxy) is 2. The van der Waals surface area contributed by atoms with Crippen LogP contribution in [0.2, 0.25) is 0 Å². The van der Waals surface area contributed by atoms with Gasteiger partial charge in [0.1, 0.15) is 23.2 Å². The Kier molecular flexibility index (Phi) is 3.61. The first-order valence-corrected chi connectivity index (χ1v) is 5.72. The quantitative estimate of drug-likeness (QED) is 0.809. The van der Waals surface area contributed by atoms with E-state index in [1.807, 2.05) is 0 Å². The molecule has 0 amide bonds. The minimum Gasteiger partial charge on any atom is -0.497 e. The summed E-state index contributed by atoms with van der Waals surface area (Å²) in [7, 11) is 1.34. The summed E-state index contributed by atoms with van der Waals surface area (Å²) in [6.45, 7) is 1.62. The highest BCUT2D eigenvalue weighted by atomic mass is 19.4. The molecule has 0 fully saturated rings. The van der Waals surface area contributed by atoms with Crippen molar-refractivity contribution in [3.8, 4) is 5.75 Å². The molecule has 20 heavy (non-hydrogen) atoms. The minimum atomic E-state index is -4.62. The van der Waals surface area contributed by atoms with Crippen LogP contribution >= 0.6 is 0 Å². The van der Waals surface area contributed by atoms with Gasteiger partial charge in [-0.2, -0.15) is 13.2 Å². The molecular formula is C13H11F3O4. The van der Waals surface area contributed by atoms with E-state index in [1.54, 1.807) is 6.92 Å². The molecular weight excluding hydrogens is 277 g/mol. The van der Waals surface area contributed by atoms with E-state index >= 15 is 0 Å². The molecule has 0 aliphatic carbocycles. The maximum absolute atomic E-state index is 12.9. The summed E-state index contributed by atoms with van der Waals surface area (Å²) < 4.78 is 53.3. The van der Waals surface area contributed by atoms with Crippen molar-refractivity contribution in [2.75, 3.05) is 13.7 Å². The third kappa shape index (κ3) is 2.43. The van der Waals surface area contributed by atoms with Crippen molar-refractivity contribution in [3.05, 3.63) is 29.5 Å². The van der Waals surface area contributed by atoms with Crippen molar-refractivity contribution < 1.29 is 31.9 Å². The van der Waals surface area contributed by atoms with Crippen molar-refractivity contribution in [3.63, 3.8) is 0 Å². The van der Waals surface area contributed by atoms with Crippen LogP contribution in [0.25, 0.3) is 11.0 Å². The van der Waals surface area contributed by atoms with Crippen LogP contribution in [-0.4, -0.2) is 19.7 Å². The monoisotopic (exact) mass is 288 g/mol. The van der Waals surface area contributed by atoms with Gasteiger partial charge in [-0.25, -0.2) is 4.79 Å². The topological polar surface area (TPSA) is 48.7 Å². The zero-order chi connectivity index (χ0) is 14.9. The van der Waals surface area contributed by atoms with Gasteiger partial charge in [-0.3, -0.25) is 0 Å². The number of carbonyl (C=O) groups is 1. The van der Waals surface area contributed by atoms with E-state index < -0.39 is 17.7 Å². The van der Waals surface area contributed by atoms with Crippen molar-refractivity contribution in [1.29, 1.82) is 0 Å². The Hall–Kier alpha value is -2.18. The molecule has 0 unspecified atom stereocenters. The largest absolute Gasteiger partial charge is 0.497 e. The molecule has 0 saturated heterocycles. The summed E-state index contributed by atoms with van der Waals surface area (Å²) in [5.74, 6) is -0.646. The van der Waals surface area contributed by atoms with Crippen LogP contribution in [0.4, 0.5) is 13.2 Å². The van der Waals surface area contributed by atoms with Crippen LogP contribution in [0.15, 0.2) is 22.8 Å². The van der Waals surface area contributed by atoms with Gasteiger partial charge >= 0.3 is 12.1 Å². The van der Waals surface area contributed by atoms with Crippen molar-refractivity contribution in [2.45, 2.75) is 13.1 Å². The second-order valence-corrected chi connectivity index (χ2v) is 3.92. The predicted molar refractivity (Wildman–Crippen MR) is 63.7 cm³/mol. The molecule has 108 valence electrons. The van der Waals surface area contributed by atoms with E-state index in [0.717, 1.165) is 0 Å². The number of rotatable bonds is 3. The Labute approximate surface area is 112 Å². The molecule has 0 aliphatic heterocycles. The fourth-order valence-electron chi connectivity index (χ4n) is 1.84. The number of alkyl halides is 3. The molecule has 0 N–H and O–H groups in total. The third-order valence-corrected chi connectivity index (χ3v) is 2.69. The molecule has 2 aromatic rings. The summed E-state index contributed by atoms with van der Waals surface area (Å²) in [5.41, 5.74) is -1.33. The van der Waals surface area contributed by atoms with Crippen LogP contribution in [0.1, 0.15) is 22.8 Å². The summed E-state index contributed by atoms with van der Waals surface area (Å²) in [4.78, 5) is 11.8. The van der Waals surface area contributed by atoms with Gasteiger partial charge in [0, 0.05) is 11.5 Å². The van der Waals surface area contributed by atoms with Gasteiger partial charge in [-0.1, -0.05) is 0 Å². The lowest BCUT2D eigenvalue weighted by molar-refractivity contribution is -0.136. The molecule has 0 radical (unpaired) electrons. The van der Waals surface area contributed by atoms with Gasteiger partial charge in [0.15, 0.2) is 0 Å². The van der Waals surface area contributed by atoms with Gasteiger partial charge < -0.3 is 13.9 Å². The van der Waals surface area contributed by atoms with Crippen LogP contribution in [-0.2, 0) is 10.9 Å². The molecule has 1 aromatic heterocycles. The molecule has 0 bridgehead atoms. The number of esters is 1. The van der Waals surface area contributed by atoms with E-state index in [9.17, 15) is 18.0 Å². The number of hydrogen-bond acceptors (Lipinski definition) is 4. The SMILES string of the molecule is CCOC(=O)c1cc(OC)cc2occ(C(F)(F)F)c12. The summed E-state index contributed by atoms with van der Waals surface area (Å²) in [5, 5.41) is -0.322. The van der Waals surface area contributed by atoms with E-state index in [-0.39, 0.29) is 28.9 Å². The average Bonchev–Trinajstić information content (AvgIpc) is 2.81. The van der Waals surface area contributed by atoms with Crippen LogP contribution in [0, 0.1) is 0 Å². The molecule has 0 spiro atoms. The molecule has 7 heteroatoms. The molecule has 0 aliphatic rings. The van der Waals surface area contributed by atoms with Gasteiger partial charge in [0.05, 0.1) is 19.3 Å². The first kappa shape index (κ1) is 14.2. The molecule has 0 saturated carbocycles. The van der Waals surface area contributed by atoms with Crippen LogP contribution in [0.5, 0.6) is 5.75 Å². The first-order valence-electron chi connectivity index (χ1n) is 5.72. The minimum absolute atomic E-state index is 0.0523. The first-order chi connectivity index (χ1) is 9.38. The molecule has 2 rings (SSSR count). The maximum atomic E-state index is 12.9. The number of halogens is 3. The van der Waals surface area contributed by atoms with Crippen molar-refractivity contribution in [2.24, 2.45) is 0 Å². The summed E-state index contributed by atoms with van der Waals surface area (Å²) in [6, 6.07) is 2.48.